The molecule has 0 radical (unpaired) electrons. The number of hydrogen-bond acceptors (Lipinski definition) is 5. The maximum Gasteiger partial charge on any atom is 0.260 e. The third-order valence-electron chi connectivity index (χ3n) is 2.25. The van der Waals surface area contributed by atoms with Gasteiger partial charge in [0.1, 0.15) is 0 Å². The fourth-order valence-corrected chi connectivity index (χ4v) is 3.17. The molecule has 0 aromatic carbocycles. The Hall–Kier alpha value is -0.800. The van der Waals surface area contributed by atoms with Crippen LogP contribution in [-0.2, 0) is 21.9 Å². The summed E-state index contributed by atoms with van der Waals surface area (Å²) in [4.78, 5) is 11.7. The van der Waals surface area contributed by atoms with E-state index in [0.717, 1.165) is 4.68 Å². The van der Waals surface area contributed by atoms with Gasteiger partial charge in [-0.15, -0.1) is 5.10 Å². The number of hydrogen-bond donors (Lipinski definition) is 1. The van der Waals surface area contributed by atoms with Crippen LogP contribution in [0.4, 0.5) is 0 Å². The Bertz CT molecular complexity index is 539. The van der Waals surface area contributed by atoms with Crippen molar-refractivity contribution >= 4 is 31.7 Å². The molecule has 0 fully saturated rings. The summed E-state index contributed by atoms with van der Waals surface area (Å²) in [6, 6.07) is 0. The first kappa shape index (κ1) is 15.3. The van der Waals surface area contributed by atoms with Gasteiger partial charge in [-0.05, 0) is 15.9 Å². The second-order valence-corrected chi connectivity index (χ2v) is 7.24. The molecule has 0 amide bonds. The molecule has 1 rings (SSSR count). The van der Waals surface area contributed by atoms with Crippen LogP contribution in [-0.4, -0.2) is 35.7 Å². The van der Waals surface area contributed by atoms with Crippen molar-refractivity contribution in [2.45, 2.75) is 25.8 Å². The number of sulfonamides is 1. The monoisotopic (exact) mass is 338 g/mol. The highest BCUT2D eigenvalue weighted by Crippen LogP contribution is 2.18. The maximum absolute atomic E-state index is 12.0. The summed E-state index contributed by atoms with van der Waals surface area (Å²) < 4.78 is 27.4. The molecule has 1 heterocycles. The van der Waals surface area contributed by atoms with E-state index in [4.69, 9.17) is 0 Å². The molecule has 0 aliphatic carbocycles. The topological polar surface area (TPSA) is 93.9 Å². The predicted molar refractivity (Wildman–Crippen MR) is 68.4 cm³/mol. The Morgan fingerprint density at radius 3 is 2.39 bits per heavy atom. The fourth-order valence-electron chi connectivity index (χ4n) is 1.10. The number of Topliss-reactive ketones (excluding diaryl/α,β-unsaturated/α-hetero) is 1. The third-order valence-corrected chi connectivity index (χ3v) is 4.54. The quantitative estimate of drug-likeness (QED) is 0.861. The van der Waals surface area contributed by atoms with Crippen molar-refractivity contribution in [1.82, 2.24) is 19.7 Å². The van der Waals surface area contributed by atoms with Crippen LogP contribution < -0.4 is 4.72 Å². The van der Waals surface area contributed by atoms with Gasteiger partial charge in [0.15, 0.2) is 10.4 Å². The summed E-state index contributed by atoms with van der Waals surface area (Å²) in [5.41, 5.74) is -0.593. The van der Waals surface area contributed by atoms with E-state index >= 15 is 0 Å². The molecular formula is C9H15BrN4O3S. The summed E-state index contributed by atoms with van der Waals surface area (Å²) in [7, 11) is -2.36. The van der Waals surface area contributed by atoms with E-state index in [1.807, 2.05) is 0 Å². The lowest BCUT2D eigenvalue weighted by Gasteiger charge is -2.16. The van der Waals surface area contributed by atoms with E-state index in [2.05, 4.69) is 31.0 Å². The van der Waals surface area contributed by atoms with Gasteiger partial charge >= 0.3 is 0 Å². The van der Waals surface area contributed by atoms with Crippen LogP contribution in [0.3, 0.4) is 0 Å². The highest BCUT2D eigenvalue weighted by atomic mass is 79.9. The van der Waals surface area contributed by atoms with Gasteiger partial charge in [-0.1, -0.05) is 26.0 Å². The Morgan fingerprint density at radius 2 is 2.00 bits per heavy atom. The van der Waals surface area contributed by atoms with Crippen molar-refractivity contribution in [2.75, 3.05) is 6.54 Å². The highest BCUT2D eigenvalue weighted by Gasteiger charge is 2.27. The SMILES string of the molecule is Cn1nnc(Br)c1S(=O)(=O)NCC(=O)C(C)(C)C. The predicted octanol–water partition coefficient (Wildman–Crippen LogP) is 0.471. The Balaban J connectivity index is 2.89. The second kappa shape index (κ2) is 5.06. The maximum atomic E-state index is 12.0. The minimum Gasteiger partial charge on any atom is -0.298 e. The van der Waals surface area contributed by atoms with Crippen LogP contribution in [0.15, 0.2) is 9.63 Å². The number of aromatic nitrogens is 3. The second-order valence-electron chi connectivity index (χ2n) is 4.81. The van der Waals surface area contributed by atoms with E-state index in [1.165, 1.54) is 7.05 Å². The Labute approximate surface area is 114 Å². The van der Waals surface area contributed by atoms with Gasteiger partial charge < -0.3 is 0 Å². The molecule has 7 nitrogen and oxygen atoms in total. The van der Waals surface area contributed by atoms with Crippen molar-refractivity contribution < 1.29 is 13.2 Å². The summed E-state index contributed by atoms with van der Waals surface area (Å²) in [5.74, 6) is -0.197. The lowest BCUT2D eigenvalue weighted by atomic mass is 9.91. The third kappa shape index (κ3) is 3.36. The molecular weight excluding hydrogens is 324 g/mol. The number of aryl methyl sites for hydroxylation is 1. The van der Waals surface area contributed by atoms with Gasteiger partial charge in [-0.2, -0.15) is 0 Å². The molecule has 102 valence electrons. The standard InChI is InChI=1S/C9H15BrN4O3S/c1-9(2,3)6(15)5-11-18(16,17)8-7(10)12-13-14(8)4/h11H,5H2,1-4H3. The number of rotatable bonds is 4. The molecule has 1 N–H and O–H groups in total. The lowest BCUT2D eigenvalue weighted by Crippen LogP contribution is -2.36. The van der Waals surface area contributed by atoms with Gasteiger partial charge in [0, 0.05) is 12.5 Å². The van der Waals surface area contributed by atoms with Crippen molar-refractivity contribution in [3.8, 4) is 0 Å². The average Bonchev–Trinajstić information content (AvgIpc) is 2.54. The molecule has 0 aliphatic rings. The number of carbonyl (C=O) groups excluding carboxylic acids is 1. The molecule has 0 unspecified atom stereocenters. The zero-order valence-corrected chi connectivity index (χ0v) is 13.0. The lowest BCUT2D eigenvalue weighted by molar-refractivity contribution is -0.125. The smallest absolute Gasteiger partial charge is 0.260 e. The molecule has 0 aliphatic heterocycles. The van der Waals surface area contributed by atoms with Gasteiger partial charge in [-0.3, -0.25) is 4.79 Å². The highest BCUT2D eigenvalue weighted by molar-refractivity contribution is 9.10. The number of ketones is 1. The van der Waals surface area contributed by atoms with Crippen LogP contribution in [0, 0.1) is 5.41 Å². The summed E-state index contributed by atoms with van der Waals surface area (Å²) in [6.45, 7) is 4.92. The zero-order chi connectivity index (χ0) is 14.1. The first-order valence-corrected chi connectivity index (χ1v) is 7.41. The van der Waals surface area contributed by atoms with E-state index in [9.17, 15) is 13.2 Å². The van der Waals surface area contributed by atoms with Crippen LogP contribution in [0.1, 0.15) is 20.8 Å². The summed E-state index contributed by atoms with van der Waals surface area (Å²) in [6.07, 6.45) is 0. The van der Waals surface area contributed by atoms with Gasteiger partial charge in [0.25, 0.3) is 10.0 Å². The normalized spacial score (nSPS) is 12.7. The number of carbonyl (C=O) groups is 1. The Kier molecular flexibility index (Phi) is 4.29. The molecule has 18 heavy (non-hydrogen) atoms. The van der Waals surface area contributed by atoms with Gasteiger partial charge in [-0.25, -0.2) is 17.8 Å². The van der Waals surface area contributed by atoms with Gasteiger partial charge in [0.2, 0.25) is 5.03 Å². The van der Waals surface area contributed by atoms with E-state index < -0.39 is 15.4 Å². The van der Waals surface area contributed by atoms with Gasteiger partial charge in [0.05, 0.1) is 6.54 Å². The zero-order valence-electron chi connectivity index (χ0n) is 10.6. The number of nitrogens with one attached hydrogen (secondary N) is 1. The van der Waals surface area contributed by atoms with E-state index in [0.29, 0.717) is 0 Å². The fraction of sp³-hybridized carbons (Fsp3) is 0.667. The molecule has 1 aromatic heterocycles. The number of halogens is 1. The molecule has 0 saturated heterocycles. The van der Waals surface area contributed by atoms with Crippen molar-refractivity contribution in [2.24, 2.45) is 12.5 Å². The summed E-state index contributed by atoms with van der Waals surface area (Å²) >= 11 is 3.00. The van der Waals surface area contributed by atoms with E-state index in [1.54, 1.807) is 20.8 Å². The van der Waals surface area contributed by atoms with Crippen molar-refractivity contribution in [1.29, 1.82) is 0 Å². The minimum absolute atomic E-state index is 0.107. The Morgan fingerprint density at radius 1 is 1.44 bits per heavy atom. The van der Waals surface area contributed by atoms with E-state index in [-0.39, 0.29) is 22.0 Å². The molecule has 1 aromatic rings. The van der Waals surface area contributed by atoms with Crippen molar-refractivity contribution in [3.63, 3.8) is 0 Å². The molecule has 0 spiro atoms. The van der Waals surface area contributed by atoms with Crippen LogP contribution in [0.5, 0.6) is 0 Å². The van der Waals surface area contributed by atoms with Crippen LogP contribution in [0.2, 0.25) is 0 Å². The molecule has 0 saturated carbocycles. The first-order chi connectivity index (χ1) is 8.05. The average molecular weight is 339 g/mol. The molecule has 9 heteroatoms. The molecule has 0 atom stereocenters. The number of nitrogens with zero attached hydrogens (tertiary/aromatic N) is 3. The minimum atomic E-state index is -3.81. The van der Waals surface area contributed by atoms with Crippen LogP contribution in [0.25, 0.3) is 0 Å². The van der Waals surface area contributed by atoms with Crippen LogP contribution >= 0.6 is 15.9 Å². The first-order valence-electron chi connectivity index (χ1n) is 5.14. The molecule has 0 bridgehead atoms. The van der Waals surface area contributed by atoms with Crippen molar-refractivity contribution in [3.05, 3.63) is 4.60 Å². The largest absolute Gasteiger partial charge is 0.298 e. The summed E-state index contributed by atoms with van der Waals surface area (Å²) in [5, 5.41) is 7.05.